The van der Waals surface area contributed by atoms with Gasteiger partial charge in [0.25, 0.3) is 0 Å². The predicted octanol–water partition coefficient (Wildman–Crippen LogP) is 3.20. The molecular weight excluding hydrogens is 310 g/mol. The van der Waals surface area contributed by atoms with Gasteiger partial charge >= 0.3 is 6.09 Å². The van der Waals surface area contributed by atoms with Crippen molar-refractivity contribution in [1.82, 2.24) is 9.55 Å². The highest BCUT2D eigenvalue weighted by Crippen LogP contribution is 2.29. The van der Waals surface area contributed by atoms with E-state index in [1.807, 2.05) is 17.7 Å². The standard InChI is InChI=1S/C17H17N3O4/c1-20-10-18-14-8-12(5-7-15(14)20)24-17(21)19-13-6-4-11(22-2)9-16(13)23-3/h4-10H,1-3H3,(H,19,21). The van der Waals surface area contributed by atoms with Gasteiger partial charge in [-0.3, -0.25) is 5.32 Å². The number of anilines is 1. The van der Waals surface area contributed by atoms with Crippen LogP contribution in [0.25, 0.3) is 11.0 Å². The minimum absolute atomic E-state index is 0.408. The number of rotatable bonds is 4. The Labute approximate surface area is 138 Å². The zero-order valence-electron chi connectivity index (χ0n) is 13.6. The number of amides is 1. The average molecular weight is 327 g/mol. The van der Waals surface area contributed by atoms with E-state index in [2.05, 4.69) is 10.3 Å². The molecular formula is C17H17N3O4. The van der Waals surface area contributed by atoms with Crippen LogP contribution in [0.1, 0.15) is 0 Å². The second-order valence-corrected chi connectivity index (χ2v) is 5.09. The van der Waals surface area contributed by atoms with Crippen LogP contribution in [0.4, 0.5) is 10.5 Å². The van der Waals surface area contributed by atoms with Crippen LogP contribution < -0.4 is 19.5 Å². The highest BCUT2D eigenvalue weighted by atomic mass is 16.6. The summed E-state index contributed by atoms with van der Waals surface area (Å²) in [7, 11) is 4.97. The van der Waals surface area contributed by atoms with Crippen molar-refractivity contribution in [3.8, 4) is 17.2 Å². The van der Waals surface area contributed by atoms with Gasteiger partial charge in [-0.05, 0) is 24.3 Å². The molecule has 124 valence electrons. The maximum atomic E-state index is 12.1. The highest BCUT2D eigenvalue weighted by molar-refractivity contribution is 5.89. The molecule has 0 atom stereocenters. The first-order chi connectivity index (χ1) is 11.6. The summed E-state index contributed by atoms with van der Waals surface area (Å²) in [6, 6.07) is 10.3. The summed E-state index contributed by atoms with van der Waals surface area (Å²) in [6.45, 7) is 0. The lowest BCUT2D eigenvalue weighted by Crippen LogP contribution is -2.17. The van der Waals surface area contributed by atoms with Gasteiger partial charge in [0.15, 0.2) is 0 Å². The maximum absolute atomic E-state index is 12.1. The predicted molar refractivity (Wildman–Crippen MR) is 89.9 cm³/mol. The van der Waals surface area contributed by atoms with Gasteiger partial charge in [-0.1, -0.05) is 0 Å². The molecule has 3 aromatic rings. The summed E-state index contributed by atoms with van der Waals surface area (Å²) in [4.78, 5) is 16.3. The van der Waals surface area contributed by atoms with Crippen LogP contribution in [-0.2, 0) is 7.05 Å². The molecule has 0 spiro atoms. The Morgan fingerprint density at radius 3 is 2.62 bits per heavy atom. The van der Waals surface area contributed by atoms with Gasteiger partial charge in [-0.15, -0.1) is 0 Å². The summed E-state index contributed by atoms with van der Waals surface area (Å²) >= 11 is 0. The van der Waals surface area contributed by atoms with Crippen LogP contribution in [0.5, 0.6) is 17.2 Å². The van der Waals surface area contributed by atoms with Crippen LogP contribution in [-0.4, -0.2) is 29.9 Å². The van der Waals surface area contributed by atoms with E-state index in [1.54, 1.807) is 43.8 Å². The fourth-order valence-electron chi connectivity index (χ4n) is 2.32. The summed E-state index contributed by atoms with van der Waals surface area (Å²) in [5.41, 5.74) is 2.20. The molecule has 0 bridgehead atoms. The molecule has 3 rings (SSSR count). The molecule has 0 saturated carbocycles. The van der Waals surface area contributed by atoms with E-state index in [0.29, 0.717) is 22.9 Å². The van der Waals surface area contributed by atoms with Crippen LogP contribution >= 0.6 is 0 Å². The van der Waals surface area contributed by atoms with Crippen LogP contribution in [0.2, 0.25) is 0 Å². The summed E-state index contributed by atoms with van der Waals surface area (Å²) in [5.74, 6) is 1.52. The van der Waals surface area contributed by atoms with Crippen LogP contribution in [0.3, 0.4) is 0 Å². The molecule has 0 radical (unpaired) electrons. The Kier molecular flexibility index (Phi) is 4.24. The van der Waals surface area contributed by atoms with Gasteiger partial charge in [0.05, 0.1) is 37.3 Å². The second-order valence-electron chi connectivity index (χ2n) is 5.09. The third-order valence-corrected chi connectivity index (χ3v) is 3.55. The Balaban J connectivity index is 1.74. The number of imidazole rings is 1. The number of hydrogen-bond donors (Lipinski definition) is 1. The Bertz CT molecular complexity index is 889. The second kappa shape index (κ2) is 6.49. The highest BCUT2D eigenvalue weighted by Gasteiger charge is 2.11. The van der Waals surface area contributed by atoms with E-state index in [1.165, 1.54) is 7.11 Å². The number of hydrogen-bond acceptors (Lipinski definition) is 5. The Hall–Kier alpha value is -3.22. The molecule has 1 heterocycles. The van der Waals surface area contributed by atoms with E-state index in [-0.39, 0.29) is 0 Å². The molecule has 0 saturated heterocycles. The molecule has 0 aliphatic rings. The first kappa shape index (κ1) is 15.7. The van der Waals surface area contributed by atoms with Gasteiger partial charge in [-0.25, -0.2) is 9.78 Å². The van der Waals surface area contributed by atoms with E-state index >= 15 is 0 Å². The largest absolute Gasteiger partial charge is 0.497 e. The van der Waals surface area contributed by atoms with Crippen molar-refractivity contribution in [2.45, 2.75) is 0 Å². The number of methoxy groups -OCH3 is 2. The number of fused-ring (bicyclic) bond motifs is 1. The molecule has 1 amide bonds. The number of nitrogens with one attached hydrogen (secondary N) is 1. The molecule has 0 aliphatic carbocycles. The number of nitrogens with zero attached hydrogens (tertiary/aromatic N) is 2. The van der Waals surface area contributed by atoms with E-state index in [4.69, 9.17) is 14.2 Å². The summed E-state index contributed by atoms with van der Waals surface area (Å²) in [6.07, 6.45) is 1.09. The molecule has 1 N–H and O–H groups in total. The van der Waals surface area contributed by atoms with E-state index < -0.39 is 6.09 Å². The molecule has 7 nitrogen and oxygen atoms in total. The number of carbonyl (C=O) groups is 1. The van der Waals surface area contributed by atoms with Crippen molar-refractivity contribution in [2.75, 3.05) is 19.5 Å². The lowest BCUT2D eigenvalue weighted by atomic mass is 10.2. The van der Waals surface area contributed by atoms with Gasteiger partial charge < -0.3 is 18.8 Å². The van der Waals surface area contributed by atoms with Gasteiger partial charge in [0, 0.05) is 19.2 Å². The molecule has 24 heavy (non-hydrogen) atoms. The third-order valence-electron chi connectivity index (χ3n) is 3.55. The minimum atomic E-state index is -0.617. The zero-order chi connectivity index (χ0) is 17.1. The van der Waals surface area contributed by atoms with Crippen LogP contribution in [0.15, 0.2) is 42.7 Å². The van der Waals surface area contributed by atoms with E-state index in [9.17, 15) is 4.79 Å². The van der Waals surface area contributed by atoms with Crippen molar-refractivity contribution in [3.05, 3.63) is 42.7 Å². The van der Waals surface area contributed by atoms with Crippen molar-refractivity contribution in [1.29, 1.82) is 0 Å². The Morgan fingerprint density at radius 2 is 1.88 bits per heavy atom. The number of aromatic nitrogens is 2. The number of benzene rings is 2. The topological polar surface area (TPSA) is 74.6 Å². The van der Waals surface area contributed by atoms with Crippen molar-refractivity contribution in [2.24, 2.45) is 7.05 Å². The third kappa shape index (κ3) is 3.10. The molecule has 0 unspecified atom stereocenters. The van der Waals surface area contributed by atoms with Crippen LogP contribution in [0, 0.1) is 0 Å². The smallest absolute Gasteiger partial charge is 0.417 e. The van der Waals surface area contributed by atoms with Gasteiger partial charge in [0.1, 0.15) is 17.2 Å². The van der Waals surface area contributed by atoms with Crippen molar-refractivity contribution < 1.29 is 19.0 Å². The Morgan fingerprint density at radius 1 is 1.08 bits per heavy atom. The average Bonchev–Trinajstić information content (AvgIpc) is 2.95. The van der Waals surface area contributed by atoms with Gasteiger partial charge in [-0.2, -0.15) is 0 Å². The SMILES string of the molecule is COc1ccc(NC(=O)Oc2ccc3c(c2)ncn3C)c(OC)c1. The van der Waals surface area contributed by atoms with Crippen molar-refractivity contribution >= 4 is 22.8 Å². The van der Waals surface area contributed by atoms with Crippen molar-refractivity contribution in [3.63, 3.8) is 0 Å². The molecule has 7 heteroatoms. The molecule has 0 fully saturated rings. The fourth-order valence-corrected chi connectivity index (χ4v) is 2.32. The monoisotopic (exact) mass is 327 g/mol. The lowest BCUT2D eigenvalue weighted by Gasteiger charge is -2.11. The summed E-state index contributed by atoms with van der Waals surface area (Å²) in [5, 5.41) is 2.65. The van der Waals surface area contributed by atoms with E-state index in [0.717, 1.165) is 11.0 Å². The number of ether oxygens (including phenoxy) is 3. The normalized spacial score (nSPS) is 10.5. The zero-order valence-corrected chi connectivity index (χ0v) is 13.6. The minimum Gasteiger partial charge on any atom is -0.497 e. The summed E-state index contributed by atoms with van der Waals surface area (Å²) < 4.78 is 17.6. The molecule has 2 aromatic carbocycles. The maximum Gasteiger partial charge on any atom is 0.417 e. The first-order valence-corrected chi connectivity index (χ1v) is 7.22. The molecule has 1 aromatic heterocycles. The fraction of sp³-hybridized carbons (Fsp3) is 0.176. The number of aryl methyl sites for hydroxylation is 1. The molecule has 0 aliphatic heterocycles. The number of carbonyl (C=O) groups excluding carboxylic acids is 1. The lowest BCUT2D eigenvalue weighted by molar-refractivity contribution is 0.215. The first-order valence-electron chi connectivity index (χ1n) is 7.22. The quantitative estimate of drug-likeness (QED) is 0.796. The van der Waals surface area contributed by atoms with Gasteiger partial charge in [0.2, 0.25) is 0 Å².